The van der Waals surface area contributed by atoms with E-state index in [-0.39, 0.29) is 11.6 Å². The minimum atomic E-state index is -0.532. The summed E-state index contributed by atoms with van der Waals surface area (Å²) >= 11 is 11.8. The summed E-state index contributed by atoms with van der Waals surface area (Å²) in [5.74, 6) is -0.232. The van der Waals surface area contributed by atoms with Crippen molar-refractivity contribution in [1.29, 1.82) is 0 Å². The summed E-state index contributed by atoms with van der Waals surface area (Å²) < 4.78 is 1.01. The van der Waals surface area contributed by atoms with E-state index in [4.69, 9.17) is 23.2 Å². The lowest BCUT2D eigenvalue weighted by molar-refractivity contribution is 0.427. The molecule has 0 fully saturated rings. The minimum Gasteiger partial charge on any atom is -0.493 e. The molecular formula is C18H14Cl2N4O2. The fourth-order valence-corrected chi connectivity index (χ4v) is 2.52. The van der Waals surface area contributed by atoms with E-state index >= 15 is 0 Å². The van der Waals surface area contributed by atoms with Crippen molar-refractivity contribution >= 4 is 40.3 Å². The van der Waals surface area contributed by atoms with Gasteiger partial charge in [-0.2, -0.15) is 9.79 Å². The Bertz CT molecular complexity index is 1030. The summed E-state index contributed by atoms with van der Waals surface area (Å²) in [6, 6.07) is 15.2. The van der Waals surface area contributed by atoms with Gasteiger partial charge in [0.1, 0.15) is 0 Å². The lowest BCUT2D eigenvalue weighted by atomic mass is 10.2. The van der Waals surface area contributed by atoms with Crippen LogP contribution >= 0.6 is 23.2 Å². The van der Waals surface area contributed by atoms with Gasteiger partial charge in [-0.25, -0.2) is 0 Å². The van der Waals surface area contributed by atoms with Crippen LogP contribution in [0.2, 0.25) is 10.0 Å². The van der Waals surface area contributed by atoms with Crippen LogP contribution < -0.4 is 11.0 Å². The Morgan fingerprint density at radius 3 is 2.42 bits per heavy atom. The number of anilines is 1. The molecule has 3 aromatic rings. The Kier molecular flexibility index (Phi) is 5.25. The molecule has 0 spiro atoms. The molecule has 0 saturated carbocycles. The molecule has 26 heavy (non-hydrogen) atoms. The quantitative estimate of drug-likeness (QED) is 0.582. The molecule has 0 unspecified atom stereocenters. The number of hydrogen-bond acceptors (Lipinski definition) is 5. The van der Waals surface area contributed by atoms with Crippen LogP contribution in [0.1, 0.15) is 5.56 Å². The number of azo groups is 1. The smallest absolute Gasteiger partial charge is 0.300 e. The van der Waals surface area contributed by atoms with E-state index in [1.165, 1.54) is 6.07 Å². The highest BCUT2D eigenvalue weighted by molar-refractivity contribution is 6.42. The molecule has 0 saturated heterocycles. The number of aryl methyl sites for hydroxylation is 1. The van der Waals surface area contributed by atoms with E-state index in [0.717, 1.165) is 4.68 Å². The van der Waals surface area contributed by atoms with E-state index < -0.39 is 5.56 Å². The van der Waals surface area contributed by atoms with Crippen molar-refractivity contribution in [3.05, 3.63) is 80.6 Å². The second kappa shape index (κ2) is 7.59. The zero-order chi connectivity index (χ0) is 18.7. The summed E-state index contributed by atoms with van der Waals surface area (Å²) in [6.45, 7) is 1.66. The third-order valence-electron chi connectivity index (χ3n) is 3.54. The number of nitrogens with zero attached hydrogens (tertiary/aromatic N) is 3. The van der Waals surface area contributed by atoms with Gasteiger partial charge in [0.2, 0.25) is 5.88 Å². The van der Waals surface area contributed by atoms with Crippen LogP contribution in [0, 0.1) is 6.92 Å². The van der Waals surface area contributed by atoms with Crippen LogP contribution in [0.4, 0.5) is 17.1 Å². The third kappa shape index (κ3) is 3.87. The average molecular weight is 389 g/mol. The van der Waals surface area contributed by atoms with Gasteiger partial charge in [-0.05, 0) is 42.8 Å². The van der Waals surface area contributed by atoms with Crippen molar-refractivity contribution in [2.24, 2.45) is 10.2 Å². The third-order valence-corrected chi connectivity index (χ3v) is 4.28. The molecule has 0 aliphatic rings. The Morgan fingerprint density at radius 2 is 1.73 bits per heavy atom. The van der Waals surface area contributed by atoms with Crippen molar-refractivity contribution in [3.8, 4) is 5.88 Å². The van der Waals surface area contributed by atoms with Gasteiger partial charge in [0, 0.05) is 6.07 Å². The largest absolute Gasteiger partial charge is 0.493 e. The van der Waals surface area contributed by atoms with Crippen molar-refractivity contribution in [2.75, 3.05) is 5.43 Å². The Hall–Kier alpha value is -2.83. The molecule has 0 aliphatic carbocycles. The SMILES string of the molecule is Cc1cc(O)n(Nc2ccccc2)c(=O)c1N=Nc1ccc(Cl)c(Cl)c1. The monoisotopic (exact) mass is 388 g/mol. The number of pyridine rings is 1. The zero-order valence-electron chi connectivity index (χ0n) is 13.6. The topological polar surface area (TPSA) is 79.0 Å². The highest BCUT2D eigenvalue weighted by Gasteiger charge is 2.12. The Morgan fingerprint density at radius 1 is 1.00 bits per heavy atom. The molecule has 0 amide bonds. The number of benzene rings is 2. The number of hydrogen-bond donors (Lipinski definition) is 2. The molecule has 0 atom stereocenters. The molecule has 0 bridgehead atoms. The van der Waals surface area contributed by atoms with Crippen molar-refractivity contribution in [2.45, 2.75) is 6.92 Å². The Balaban J connectivity index is 1.99. The van der Waals surface area contributed by atoms with Gasteiger partial charge < -0.3 is 5.11 Å². The fraction of sp³-hybridized carbons (Fsp3) is 0.0556. The van der Waals surface area contributed by atoms with Crippen LogP contribution in [0.5, 0.6) is 5.88 Å². The van der Waals surface area contributed by atoms with Crippen LogP contribution in [0.15, 0.2) is 69.6 Å². The lowest BCUT2D eigenvalue weighted by Crippen LogP contribution is -2.26. The molecular weight excluding hydrogens is 375 g/mol. The molecule has 2 aromatic carbocycles. The summed E-state index contributed by atoms with van der Waals surface area (Å²) in [6.07, 6.45) is 0. The number of aromatic nitrogens is 1. The van der Waals surface area contributed by atoms with E-state index in [1.807, 2.05) is 18.2 Å². The second-order valence-corrected chi connectivity index (χ2v) is 6.27. The highest BCUT2D eigenvalue weighted by Crippen LogP contribution is 2.28. The van der Waals surface area contributed by atoms with E-state index in [2.05, 4.69) is 15.7 Å². The van der Waals surface area contributed by atoms with Gasteiger partial charge in [-0.3, -0.25) is 10.2 Å². The van der Waals surface area contributed by atoms with Crippen LogP contribution in [-0.4, -0.2) is 9.78 Å². The summed E-state index contributed by atoms with van der Waals surface area (Å²) in [4.78, 5) is 12.7. The summed E-state index contributed by atoms with van der Waals surface area (Å²) in [5, 5.41) is 18.9. The van der Waals surface area contributed by atoms with E-state index in [9.17, 15) is 9.90 Å². The van der Waals surface area contributed by atoms with Crippen molar-refractivity contribution < 1.29 is 5.11 Å². The fourth-order valence-electron chi connectivity index (χ4n) is 2.23. The minimum absolute atomic E-state index is 0.0947. The first-order valence-corrected chi connectivity index (χ1v) is 8.36. The standard InChI is InChI=1S/C18H14Cl2N4O2/c1-11-9-16(25)24(23-12-5-3-2-4-6-12)18(26)17(11)22-21-13-7-8-14(19)15(20)10-13/h2-10,23,25H,1H3. The molecule has 2 N–H and O–H groups in total. The van der Waals surface area contributed by atoms with Gasteiger partial charge in [0.15, 0.2) is 5.69 Å². The first-order chi connectivity index (χ1) is 12.5. The molecule has 3 rings (SSSR count). The highest BCUT2D eigenvalue weighted by atomic mass is 35.5. The normalized spacial score (nSPS) is 11.0. The average Bonchev–Trinajstić information content (AvgIpc) is 2.62. The molecule has 0 aliphatic heterocycles. The first kappa shape index (κ1) is 18.0. The lowest BCUT2D eigenvalue weighted by Gasteiger charge is -2.12. The number of aromatic hydroxyl groups is 1. The maximum atomic E-state index is 12.7. The zero-order valence-corrected chi connectivity index (χ0v) is 15.2. The van der Waals surface area contributed by atoms with Gasteiger partial charge in [-0.1, -0.05) is 41.4 Å². The maximum absolute atomic E-state index is 12.7. The van der Waals surface area contributed by atoms with Gasteiger partial charge >= 0.3 is 0 Å². The predicted octanol–water partition coefficient (Wildman–Crippen LogP) is 5.46. The molecule has 1 aromatic heterocycles. The van der Waals surface area contributed by atoms with Crippen molar-refractivity contribution in [3.63, 3.8) is 0 Å². The van der Waals surface area contributed by atoms with Gasteiger partial charge in [0.05, 0.1) is 21.4 Å². The number of para-hydroxylation sites is 1. The number of halogens is 2. The number of rotatable bonds is 4. The van der Waals surface area contributed by atoms with Gasteiger partial charge in [-0.15, -0.1) is 5.11 Å². The maximum Gasteiger partial charge on any atom is 0.300 e. The van der Waals surface area contributed by atoms with E-state index in [1.54, 1.807) is 37.3 Å². The summed E-state index contributed by atoms with van der Waals surface area (Å²) in [5.41, 5.74) is 3.98. The summed E-state index contributed by atoms with van der Waals surface area (Å²) in [7, 11) is 0. The molecule has 0 radical (unpaired) electrons. The first-order valence-electron chi connectivity index (χ1n) is 7.60. The van der Waals surface area contributed by atoms with Crippen LogP contribution in [-0.2, 0) is 0 Å². The molecule has 6 nitrogen and oxygen atoms in total. The van der Waals surface area contributed by atoms with E-state index in [0.29, 0.717) is 27.0 Å². The second-order valence-electron chi connectivity index (χ2n) is 5.45. The molecule has 132 valence electrons. The van der Waals surface area contributed by atoms with Crippen molar-refractivity contribution in [1.82, 2.24) is 4.68 Å². The van der Waals surface area contributed by atoms with Gasteiger partial charge in [0.25, 0.3) is 5.56 Å². The Labute approximate surface area is 159 Å². The molecule has 8 heteroatoms. The van der Waals surface area contributed by atoms with Crippen LogP contribution in [0.3, 0.4) is 0 Å². The predicted molar refractivity (Wildman–Crippen MR) is 103 cm³/mol. The molecule has 1 heterocycles. The van der Waals surface area contributed by atoms with Crippen LogP contribution in [0.25, 0.3) is 0 Å². The number of nitrogens with one attached hydrogen (secondary N) is 1.